The van der Waals surface area contributed by atoms with Crippen LogP contribution in [0.2, 0.25) is 5.02 Å². The van der Waals surface area contributed by atoms with Crippen LogP contribution in [0.15, 0.2) is 47.4 Å². The van der Waals surface area contributed by atoms with E-state index in [1.54, 1.807) is 6.07 Å². The van der Waals surface area contributed by atoms with Gasteiger partial charge in [0.2, 0.25) is 0 Å². The molecule has 2 amide bonds. The highest BCUT2D eigenvalue weighted by molar-refractivity contribution is 7.94. The number of hydrogen-bond acceptors (Lipinski definition) is 4. The van der Waals surface area contributed by atoms with Crippen LogP contribution >= 0.6 is 11.6 Å². The molecule has 0 unspecified atom stereocenters. The molecule has 0 spiro atoms. The van der Waals surface area contributed by atoms with Gasteiger partial charge in [0.15, 0.2) is 0 Å². The molecule has 0 N–H and O–H groups in total. The Kier molecular flexibility index (Phi) is 3.69. The van der Waals surface area contributed by atoms with Gasteiger partial charge >= 0.3 is 6.03 Å². The molecule has 2 aromatic carbocycles. The van der Waals surface area contributed by atoms with Crippen molar-refractivity contribution in [3.63, 3.8) is 0 Å². The van der Waals surface area contributed by atoms with Crippen molar-refractivity contribution in [2.45, 2.75) is 4.90 Å². The normalized spacial score (nSPS) is 16.2. The molecule has 0 saturated carbocycles. The first-order valence-corrected chi connectivity index (χ1v) is 8.44. The second kappa shape index (κ2) is 5.43. The Morgan fingerprint density at radius 1 is 1.09 bits per heavy atom. The van der Waals surface area contributed by atoms with Crippen molar-refractivity contribution >= 4 is 39.0 Å². The average molecular weight is 353 g/mol. The van der Waals surface area contributed by atoms with Gasteiger partial charge in [0.1, 0.15) is 10.6 Å². The van der Waals surface area contributed by atoms with Gasteiger partial charge in [-0.15, -0.1) is 0 Å². The first kappa shape index (κ1) is 15.6. The van der Waals surface area contributed by atoms with Crippen LogP contribution in [0, 0.1) is 0 Å². The third kappa shape index (κ3) is 2.42. The number of halogens is 1. The van der Waals surface area contributed by atoms with E-state index >= 15 is 0 Å². The Morgan fingerprint density at radius 2 is 1.74 bits per heavy atom. The maximum Gasteiger partial charge on any atom is 0.342 e. The number of anilines is 2. The van der Waals surface area contributed by atoms with Gasteiger partial charge < -0.3 is 4.74 Å². The van der Waals surface area contributed by atoms with Crippen molar-refractivity contribution in [2.75, 3.05) is 23.4 Å². The molecule has 120 valence electrons. The lowest BCUT2D eigenvalue weighted by atomic mass is 10.2. The van der Waals surface area contributed by atoms with Crippen molar-refractivity contribution in [2.24, 2.45) is 0 Å². The zero-order valence-electron chi connectivity index (χ0n) is 12.4. The molecule has 8 heteroatoms. The van der Waals surface area contributed by atoms with Crippen LogP contribution in [0.4, 0.5) is 16.2 Å². The monoisotopic (exact) mass is 352 g/mol. The van der Waals surface area contributed by atoms with Crippen molar-refractivity contribution in [1.29, 1.82) is 0 Å². The second-order valence-electron chi connectivity index (χ2n) is 4.92. The van der Waals surface area contributed by atoms with Crippen LogP contribution in [0.3, 0.4) is 0 Å². The third-order valence-corrected chi connectivity index (χ3v) is 5.57. The minimum absolute atomic E-state index is 0.0374. The van der Waals surface area contributed by atoms with Crippen LogP contribution in [-0.2, 0) is 10.0 Å². The number of urea groups is 1. The van der Waals surface area contributed by atoms with Crippen molar-refractivity contribution in [1.82, 2.24) is 0 Å². The molecule has 6 nitrogen and oxygen atoms in total. The summed E-state index contributed by atoms with van der Waals surface area (Å²) in [6.07, 6.45) is 0. The van der Waals surface area contributed by atoms with Gasteiger partial charge in [-0.3, -0.25) is 4.90 Å². The lowest BCUT2D eigenvalue weighted by Crippen LogP contribution is -2.49. The SMILES string of the molecule is COc1ccc2c(c1)N(C)C(=O)N(c1ccc(Cl)cc1)S2(=O)=O. The summed E-state index contributed by atoms with van der Waals surface area (Å²) < 4.78 is 31.6. The molecule has 1 heterocycles. The fraction of sp³-hybridized carbons (Fsp3) is 0.133. The number of nitrogens with zero attached hydrogens (tertiary/aromatic N) is 2. The minimum Gasteiger partial charge on any atom is -0.497 e. The summed E-state index contributed by atoms with van der Waals surface area (Å²) in [4.78, 5) is 13.9. The maximum atomic E-state index is 12.8. The smallest absolute Gasteiger partial charge is 0.342 e. The summed E-state index contributed by atoms with van der Waals surface area (Å²) in [7, 11) is -1.03. The van der Waals surface area contributed by atoms with E-state index in [1.807, 2.05) is 0 Å². The molecule has 23 heavy (non-hydrogen) atoms. The summed E-state index contributed by atoms with van der Waals surface area (Å²) >= 11 is 5.82. The van der Waals surface area contributed by atoms with Crippen LogP contribution in [0.1, 0.15) is 0 Å². The topological polar surface area (TPSA) is 66.9 Å². The lowest BCUT2D eigenvalue weighted by molar-refractivity contribution is 0.255. The zero-order chi connectivity index (χ0) is 16.8. The number of methoxy groups -OCH3 is 1. The highest BCUT2D eigenvalue weighted by Gasteiger charge is 2.41. The Bertz CT molecular complexity index is 881. The molecule has 0 bridgehead atoms. The predicted molar refractivity (Wildman–Crippen MR) is 87.9 cm³/mol. The quantitative estimate of drug-likeness (QED) is 0.832. The van der Waals surface area contributed by atoms with Gasteiger partial charge in [0.05, 0.1) is 18.5 Å². The summed E-state index contributed by atoms with van der Waals surface area (Å²) in [5.74, 6) is 0.471. The fourth-order valence-corrected chi connectivity index (χ4v) is 4.12. The zero-order valence-corrected chi connectivity index (χ0v) is 13.9. The van der Waals surface area contributed by atoms with E-state index in [-0.39, 0.29) is 16.3 Å². The summed E-state index contributed by atoms with van der Waals surface area (Å²) in [6.45, 7) is 0. The molecular formula is C15H13ClN2O4S. The molecule has 2 aromatic rings. The van der Waals surface area contributed by atoms with Gasteiger partial charge in [0.25, 0.3) is 10.0 Å². The van der Waals surface area contributed by atoms with Crippen LogP contribution in [0.25, 0.3) is 0 Å². The Balaban J connectivity index is 2.21. The van der Waals surface area contributed by atoms with E-state index in [0.29, 0.717) is 10.8 Å². The summed E-state index contributed by atoms with van der Waals surface area (Å²) in [6, 6.07) is 9.85. The molecule has 0 fully saturated rings. The highest BCUT2D eigenvalue weighted by atomic mass is 35.5. The third-order valence-electron chi connectivity index (χ3n) is 3.57. The molecular weight excluding hydrogens is 340 g/mol. The number of ether oxygens (including phenoxy) is 1. The number of carbonyl (C=O) groups excluding carboxylic acids is 1. The second-order valence-corrected chi connectivity index (χ2v) is 7.11. The van der Waals surface area contributed by atoms with Gasteiger partial charge in [-0.05, 0) is 36.4 Å². The van der Waals surface area contributed by atoms with Crippen LogP contribution < -0.4 is 13.9 Å². The first-order valence-electron chi connectivity index (χ1n) is 6.63. The number of fused-ring (bicyclic) bond motifs is 1. The van der Waals surface area contributed by atoms with Crippen molar-refractivity contribution in [3.05, 3.63) is 47.5 Å². The summed E-state index contributed by atoms with van der Waals surface area (Å²) in [5.41, 5.74) is 0.507. The fourth-order valence-electron chi connectivity index (χ4n) is 2.37. The van der Waals surface area contributed by atoms with E-state index in [2.05, 4.69) is 0 Å². The molecule has 0 atom stereocenters. The largest absolute Gasteiger partial charge is 0.497 e. The number of carbonyl (C=O) groups is 1. The molecule has 1 aliphatic rings. The minimum atomic E-state index is -4.01. The standard InChI is InChI=1S/C15H13ClN2O4S/c1-17-13-9-12(22-2)7-8-14(13)23(20,21)18(15(17)19)11-5-3-10(16)4-6-11/h3-9H,1-2H3. The van der Waals surface area contributed by atoms with Crippen LogP contribution in [0.5, 0.6) is 5.75 Å². The predicted octanol–water partition coefficient (Wildman–Crippen LogP) is 3.11. The molecule has 1 aliphatic heterocycles. The first-order chi connectivity index (χ1) is 10.9. The molecule has 3 rings (SSSR count). The summed E-state index contributed by atoms with van der Waals surface area (Å²) in [5, 5.41) is 0.453. The molecule has 0 radical (unpaired) electrons. The number of benzene rings is 2. The van der Waals surface area contributed by atoms with E-state index in [9.17, 15) is 13.2 Å². The van der Waals surface area contributed by atoms with Gasteiger partial charge in [-0.25, -0.2) is 13.2 Å². The van der Waals surface area contributed by atoms with Gasteiger partial charge in [-0.2, -0.15) is 4.31 Å². The Labute approximate surface area is 138 Å². The maximum absolute atomic E-state index is 12.8. The van der Waals surface area contributed by atoms with Crippen LogP contribution in [-0.4, -0.2) is 28.6 Å². The molecule has 0 aromatic heterocycles. The lowest BCUT2D eigenvalue weighted by Gasteiger charge is -2.34. The van der Waals surface area contributed by atoms with Gasteiger partial charge in [0, 0.05) is 18.1 Å². The number of sulfonamides is 1. The van der Waals surface area contributed by atoms with E-state index < -0.39 is 16.1 Å². The molecule has 0 aliphatic carbocycles. The van der Waals surface area contributed by atoms with E-state index in [4.69, 9.17) is 16.3 Å². The van der Waals surface area contributed by atoms with E-state index in [1.165, 1.54) is 55.5 Å². The number of rotatable bonds is 2. The Hall–Kier alpha value is -2.25. The van der Waals surface area contributed by atoms with Crippen molar-refractivity contribution in [3.8, 4) is 5.75 Å². The van der Waals surface area contributed by atoms with Gasteiger partial charge in [-0.1, -0.05) is 11.6 Å². The highest BCUT2D eigenvalue weighted by Crippen LogP contribution is 2.38. The van der Waals surface area contributed by atoms with Crippen molar-refractivity contribution < 1.29 is 17.9 Å². The van der Waals surface area contributed by atoms with E-state index in [0.717, 1.165) is 4.31 Å². The number of amides is 2. The number of hydrogen-bond donors (Lipinski definition) is 0. The average Bonchev–Trinajstić information content (AvgIpc) is 2.54. The Morgan fingerprint density at radius 3 is 2.35 bits per heavy atom. The molecule has 0 saturated heterocycles.